The topological polar surface area (TPSA) is 59.4 Å². The molecule has 0 radical (unpaired) electrons. The standard InChI is InChI=1S/C15H19ClN4O/c1-15(2,11-17)20-9-7-19(8-10-20)14(21)18-13-6-4-3-5-12(13)16/h3-6H,7-10H2,1-2H3,(H,18,21). The second-order valence-corrected chi connectivity index (χ2v) is 5.96. The molecule has 0 aliphatic carbocycles. The van der Waals surface area contributed by atoms with Crippen molar-refractivity contribution in [3.63, 3.8) is 0 Å². The fourth-order valence-corrected chi connectivity index (χ4v) is 2.48. The molecule has 1 fully saturated rings. The summed E-state index contributed by atoms with van der Waals surface area (Å²) in [5, 5.41) is 12.5. The second kappa shape index (κ2) is 6.33. The number of para-hydroxylation sites is 1. The van der Waals surface area contributed by atoms with Crippen LogP contribution >= 0.6 is 11.6 Å². The molecule has 0 saturated carbocycles. The lowest BCUT2D eigenvalue weighted by atomic mass is 10.0. The molecule has 0 atom stereocenters. The summed E-state index contributed by atoms with van der Waals surface area (Å²) in [6.07, 6.45) is 0. The van der Waals surface area contributed by atoms with Gasteiger partial charge in [-0.15, -0.1) is 0 Å². The number of benzene rings is 1. The number of nitriles is 1. The molecule has 2 rings (SSSR count). The van der Waals surface area contributed by atoms with Crippen LogP contribution in [0.4, 0.5) is 10.5 Å². The molecular weight excluding hydrogens is 288 g/mol. The van der Waals surface area contributed by atoms with Crippen molar-refractivity contribution >= 4 is 23.3 Å². The molecule has 1 N–H and O–H groups in total. The summed E-state index contributed by atoms with van der Waals surface area (Å²) in [5.74, 6) is 0. The zero-order valence-corrected chi connectivity index (χ0v) is 13.0. The van der Waals surface area contributed by atoms with Gasteiger partial charge in [-0.3, -0.25) is 4.90 Å². The summed E-state index contributed by atoms with van der Waals surface area (Å²) in [5.41, 5.74) is 0.120. The molecule has 1 aliphatic rings. The third-order valence-corrected chi connectivity index (χ3v) is 4.08. The van der Waals surface area contributed by atoms with Gasteiger partial charge in [0.15, 0.2) is 0 Å². The highest BCUT2D eigenvalue weighted by Gasteiger charge is 2.31. The normalized spacial score (nSPS) is 16.4. The van der Waals surface area contributed by atoms with Crippen LogP contribution in [-0.2, 0) is 0 Å². The minimum absolute atomic E-state index is 0.155. The van der Waals surface area contributed by atoms with Gasteiger partial charge < -0.3 is 10.2 Å². The largest absolute Gasteiger partial charge is 0.322 e. The van der Waals surface area contributed by atoms with Crippen molar-refractivity contribution < 1.29 is 4.79 Å². The molecule has 1 heterocycles. The Kier molecular flexibility index (Phi) is 4.71. The maximum atomic E-state index is 12.2. The number of nitrogens with zero attached hydrogens (tertiary/aromatic N) is 3. The summed E-state index contributed by atoms with van der Waals surface area (Å²) < 4.78 is 0. The quantitative estimate of drug-likeness (QED) is 0.914. The van der Waals surface area contributed by atoms with E-state index in [4.69, 9.17) is 16.9 Å². The minimum Gasteiger partial charge on any atom is -0.322 e. The molecule has 0 aromatic heterocycles. The van der Waals surface area contributed by atoms with E-state index in [1.165, 1.54) is 0 Å². The number of carbonyl (C=O) groups is 1. The summed E-state index contributed by atoms with van der Waals surface area (Å²) in [4.78, 5) is 16.1. The maximum absolute atomic E-state index is 12.2. The number of hydrogen-bond acceptors (Lipinski definition) is 3. The Morgan fingerprint density at radius 3 is 2.48 bits per heavy atom. The van der Waals surface area contributed by atoms with Crippen molar-refractivity contribution in [2.75, 3.05) is 31.5 Å². The summed E-state index contributed by atoms with van der Waals surface area (Å²) in [6.45, 7) is 6.37. The number of amides is 2. The van der Waals surface area contributed by atoms with Crippen LogP contribution in [0.25, 0.3) is 0 Å². The molecule has 1 aliphatic heterocycles. The van der Waals surface area contributed by atoms with Crippen molar-refractivity contribution in [1.82, 2.24) is 9.80 Å². The number of halogens is 1. The van der Waals surface area contributed by atoms with E-state index in [9.17, 15) is 4.79 Å². The lowest BCUT2D eigenvalue weighted by molar-refractivity contribution is 0.0964. The molecule has 21 heavy (non-hydrogen) atoms. The number of nitrogens with one attached hydrogen (secondary N) is 1. The Morgan fingerprint density at radius 1 is 1.29 bits per heavy atom. The smallest absolute Gasteiger partial charge is 0.321 e. The predicted molar refractivity (Wildman–Crippen MR) is 83.3 cm³/mol. The molecule has 2 amide bonds. The van der Waals surface area contributed by atoms with Crippen molar-refractivity contribution in [2.24, 2.45) is 0 Å². The number of hydrogen-bond donors (Lipinski definition) is 1. The predicted octanol–water partition coefficient (Wildman–Crippen LogP) is 2.79. The Morgan fingerprint density at radius 2 is 1.90 bits per heavy atom. The summed E-state index contributed by atoms with van der Waals surface area (Å²) in [6, 6.07) is 9.30. The average Bonchev–Trinajstić information content (AvgIpc) is 2.49. The van der Waals surface area contributed by atoms with Crippen molar-refractivity contribution in [3.05, 3.63) is 29.3 Å². The van der Waals surface area contributed by atoms with Crippen LogP contribution in [0.5, 0.6) is 0 Å². The van der Waals surface area contributed by atoms with Gasteiger partial charge in [0, 0.05) is 26.2 Å². The molecule has 0 bridgehead atoms. The maximum Gasteiger partial charge on any atom is 0.321 e. The van der Waals surface area contributed by atoms with E-state index < -0.39 is 5.54 Å². The van der Waals surface area contributed by atoms with Gasteiger partial charge in [-0.05, 0) is 26.0 Å². The Bertz CT molecular complexity index is 559. The van der Waals surface area contributed by atoms with Gasteiger partial charge >= 0.3 is 6.03 Å². The van der Waals surface area contributed by atoms with Gasteiger partial charge in [0.1, 0.15) is 5.54 Å². The van der Waals surface area contributed by atoms with Gasteiger partial charge in [0.2, 0.25) is 0 Å². The van der Waals surface area contributed by atoms with Crippen LogP contribution in [0.15, 0.2) is 24.3 Å². The molecule has 6 heteroatoms. The van der Waals surface area contributed by atoms with Gasteiger partial charge in [-0.2, -0.15) is 5.26 Å². The van der Waals surface area contributed by atoms with Crippen molar-refractivity contribution in [3.8, 4) is 6.07 Å². The van der Waals surface area contributed by atoms with E-state index in [-0.39, 0.29) is 6.03 Å². The van der Waals surface area contributed by atoms with Crippen LogP contribution < -0.4 is 5.32 Å². The van der Waals surface area contributed by atoms with Gasteiger partial charge in [0.05, 0.1) is 16.8 Å². The molecule has 0 unspecified atom stereocenters. The van der Waals surface area contributed by atoms with Crippen LogP contribution in [-0.4, -0.2) is 47.5 Å². The number of carbonyl (C=O) groups excluding carboxylic acids is 1. The third-order valence-electron chi connectivity index (χ3n) is 3.75. The fourth-order valence-electron chi connectivity index (χ4n) is 2.30. The molecular formula is C15H19ClN4O. The first-order valence-corrected chi connectivity index (χ1v) is 7.28. The van der Waals surface area contributed by atoms with Crippen LogP contribution in [0.3, 0.4) is 0 Å². The van der Waals surface area contributed by atoms with Crippen LogP contribution in [0, 0.1) is 11.3 Å². The van der Waals surface area contributed by atoms with Gasteiger partial charge in [-0.25, -0.2) is 4.79 Å². The minimum atomic E-state index is -0.495. The van der Waals surface area contributed by atoms with E-state index >= 15 is 0 Å². The summed E-state index contributed by atoms with van der Waals surface area (Å²) >= 11 is 6.03. The van der Waals surface area contributed by atoms with Crippen LogP contribution in [0.2, 0.25) is 5.02 Å². The van der Waals surface area contributed by atoms with Crippen LogP contribution in [0.1, 0.15) is 13.8 Å². The number of piperazine rings is 1. The zero-order chi connectivity index (χ0) is 15.5. The zero-order valence-electron chi connectivity index (χ0n) is 12.3. The first-order chi connectivity index (χ1) is 9.94. The lowest BCUT2D eigenvalue weighted by Gasteiger charge is -2.40. The summed E-state index contributed by atoms with van der Waals surface area (Å²) in [7, 11) is 0. The Labute approximate surface area is 130 Å². The number of anilines is 1. The first kappa shape index (κ1) is 15.6. The molecule has 1 saturated heterocycles. The SMILES string of the molecule is CC(C)(C#N)N1CCN(C(=O)Nc2ccccc2Cl)CC1. The van der Waals surface area contributed by atoms with E-state index in [2.05, 4.69) is 16.3 Å². The lowest BCUT2D eigenvalue weighted by Crippen LogP contribution is -2.55. The monoisotopic (exact) mass is 306 g/mol. The second-order valence-electron chi connectivity index (χ2n) is 5.55. The van der Waals surface area contributed by atoms with Crippen molar-refractivity contribution in [1.29, 1.82) is 5.26 Å². The molecule has 0 spiro atoms. The first-order valence-electron chi connectivity index (χ1n) is 6.91. The third kappa shape index (κ3) is 3.66. The van der Waals surface area contributed by atoms with E-state index in [0.717, 1.165) is 0 Å². The molecule has 5 nitrogen and oxygen atoms in total. The van der Waals surface area contributed by atoms with Crippen molar-refractivity contribution in [2.45, 2.75) is 19.4 Å². The number of rotatable bonds is 2. The van der Waals surface area contributed by atoms with E-state index in [1.54, 1.807) is 17.0 Å². The number of urea groups is 1. The highest BCUT2D eigenvalue weighted by Crippen LogP contribution is 2.21. The highest BCUT2D eigenvalue weighted by atomic mass is 35.5. The Balaban J connectivity index is 1.92. The highest BCUT2D eigenvalue weighted by molar-refractivity contribution is 6.33. The fraction of sp³-hybridized carbons (Fsp3) is 0.467. The van der Waals surface area contributed by atoms with E-state index in [1.807, 2.05) is 26.0 Å². The molecule has 1 aromatic carbocycles. The Hall–Kier alpha value is -1.77. The average molecular weight is 307 g/mol. The van der Waals surface area contributed by atoms with Gasteiger partial charge in [0.25, 0.3) is 0 Å². The van der Waals surface area contributed by atoms with Gasteiger partial charge in [-0.1, -0.05) is 23.7 Å². The molecule has 112 valence electrons. The van der Waals surface area contributed by atoms with E-state index in [0.29, 0.717) is 36.9 Å². The molecule has 1 aromatic rings.